The van der Waals surface area contributed by atoms with Crippen LogP contribution >= 0.6 is 0 Å². The second-order valence-electron chi connectivity index (χ2n) is 4.44. The van der Waals surface area contributed by atoms with Crippen LogP contribution in [0.15, 0.2) is 18.2 Å². The van der Waals surface area contributed by atoms with Gasteiger partial charge in [-0.25, -0.2) is 8.78 Å². The first-order valence-electron chi connectivity index (χ1n) is 5.99. The number of hydrogen-bond acceptors (Lipinski definition) is 2. The summed E-state index contributed by atoms with van der Waals surface area (Å²) in [6.45, 7) is 0.355. The van der Waals surface area contributed by atoms with Crippen LogP contribution in [0.25, 0.3) is 0 Å². The van der Waals surface area contributed by atoms with Crippen molar-refractivity contribution < 1.29 is 13.6 Å². The first-order valence-corrected chi connectivity index (χ1v) is 5.99. The smallest absolute Gasteiger partial charge is 0.255 e. The Balaban J connectivity index is 2.25. The zero-order valence-corrected chi connectivity index (χ0v) is 10.2. The van der Waals surface area contributed by atoms with Crippen LogP contribution < -0.4 is 5.32 Å². The number of hydrogen-bond donors (Lipinski definition) is 1. The van der Waals surface area contributed by atoms with Crippen molar-refractivity contribution in [2.45, 2.75) is 19.3 Å². The number of halogens is 2. The molecule has 1 aliphatic heterocycles. The van der Waals surface area contributed by atoms with E-state index in [1.165, 1.54) is 7.05 Å². The first kappa shape index (κ1) is 12.8. The summed E-state index contributed by atoms with van der Waals surface area (Å²) in [7, 11) is 1.41. The predicted octanol–water partition coefficient (Wildman–Crippen LogP) is 2.38. The van der Waals surface area contributed by atoms with Crippen molar-refractivity contribution in [1.82, 2.24) is 4.90 Å². The van der Waals surface area contributed by atoms with Crippen LogP contribution in [0, 0.1) is 0 Å². The van der Waals surface area contributed by atoms with Gasteiger partial charge in [0.2, 0.25) is 0 Å². The first-order chi connectivity index (χ1) is 8.59. The monoisotopic (exact) mass is 254 g/mol. The molecule has 5 heteroatoms. The number of amides is 1. The highest BCUT2D eigenvalue weighted by atomic mass is 19.3. The number of carbonyl (C=O) groups is 1. The second-order valence-corrected chi connectivity index (χ2v) is 4.44. The Hall–Kier alpha value is -1.65. The van der Waals surface area contributed by atoms with E-state index >= 15 is 0 Å². The van der Waals surface area contributed by atoms with Crippen LogP contribution in [0.4, 0.5) is 14.5 Å². The van der Waals surface area contributed by atoms with E-state index in [9.17, 15) is 13.6 Å². The summed E-state index contributed by atoms with van der Waals surface area (Å²) >= 11 is 0. The van der Waals surface area contributed by atoms with Gasteiger partial charge in [-0.05, 0) is 30.5 Å². The summed E-state index contributed by atoms with van der Waals surface area (Å²) in [5, 5.41) is 3.22. The Bertz CT molecular complexity index is 449. The third-order valence-corrected chi connectivity index (χ3v) is 3.08. The minimum atomic E-state index is -2.50. The van der Waals surface area contributed by atoms with E-state index in [4.69, 9.17) is 0 Å². The van der Waals surface area contributed by atoms with E-state index in [0.717, 1.165) is 35.5 Å². The topological polar surface area (TPSA) is 32.3 Å². The molecule has 0 saturated carbocycles. The van der Waals surface area contributed by atoms with E-state index in [2.05, 4.69) is 5.32 Å². The minimum absolute atomic E-state index is 0.337. The maximum Gasteiger partial charge on any atom is 0.255 e. The molecule has 1 aromatic rings. The molecule has 2 rings (SSSR count). The predicted molar refractivity (Wildman–Crippen MR) is 66.2 cm³/mol. The summed E-state index contributed by atoms with van der Waals surface area (Å²) in [4.78, 5) is 13.2. The average Bonchev–Trinajstić information content (AvgIpc) is 2.36. The second kappa shape index (κ2) is 5.33. The number of fused-ring (bicyclic) bond motifs is 1. The molecule has 0 atom stereocenters. The molecule has 0 aromatic heterocycles. The highest BCUT2D eigenvalue weighted by Gasteiger charge is 2.21. The zero-order valence-electron chi connectivity index (χ0n) is 10.2. The normalized spacial score (nSPS) is 14.0. The molecule has 0 fully saturated rings. The third kappa shape index (κ3) is 2.60. The summed E-state index contributed by atoms with van der Waals surface area (Å²) < 4.78 is 24.6. The Labute approximate surface area is 105 Å². The van der Waals surface area contributed by atoms with E-state index < -0.39 is 13.0 Å². The third-order valence-electron chi connectivity index (χ3n) is 3.08. The summed E-state index contributed by atoms with van der Waals surface area (Å²) in [6, 6.07) is 5.40. The Kier molecular flexibility index (Phi) is 3.79. The van der Waals surface area contributed by atoms with Crippen molar-refractivity contribution in [2.24, 2.45) is 0 Å². The molecule has 0 spiro atoms. The van der Waals surface area contributed by atoms with Crippen LogP contribution in [0.2, 0.25) is 0 Å². The van der Waals surface area contributed by atoms with Gasteiger partial charge in [0.05, 0.1) is 6.54 Å². The molecule has 0 radical (unpaired) electrons. The lowest BCUT2D eigenvalue weighted by atomic mass is 9.97. The fourth-order valence-electron chi connectivity index (χ4n) is 2.21. The van der Waals surface area contributed by atoms with Crippen molar-refractivity contribution in [3.05, 3.63) is 29.3 Å². The molecule has 1 aromatic carbocycles. The largest absolute Gasteiger partial charge is 0.385 e. The molecule has 18 heavy (non-hydrogen) atoms. The average molecular weight is 254 g/mol. The maximum absolute atomic E-state index is 12.3. The van der Waals surface area contributed by atoms with Crippen LogP contribution in [-0.4, -0.2) is 37.4 Å². The molecular weight excluding hydrogens is 238 g/mol. The van der Waals surface area contributed by atoms with Gasteiger partial charge in [0.25, 0.3) is 12.3 Å². The van der Waals surface area contributed by atoms with Gasteiger partial charge in [0.1, 0.15) is 0 Å². The molecular formula is C13H16F2N2O. The molecule has 1 heterocycles. The van der Waals surface area contributed by atoms with Crippen LogP contribution in [0.1, 0.15) is 22.3 Å². The zero-order chi connectivity index (χ0) is 13.1. The van der Waals surface area contributed by atoms with Gasteiger partial charge < -0.3 is 10.2 Å². The minimum Gasteiger partial charge on any atom is -0.385 e. The Morgan fingerprint density at radius 3 is 3.00 bits per heavy atom. The van der Waals surface area contributed by atoms with Crippen molar-refractivity contribution >= 4 is 11.6 Å². The van der Waals surface area contributed by atoms with Crippen LogP contribution in [0.3, 0.4) is 0 Å². The SMILES string of the molecule is CN(CC(F)F)C(=O)c1cccc2c1CCCN2. The van der Waals surface area contributed by atoms with Gasteiger partial charge in [0.15, 0.2) is 0 Å². The van der Waals surface area contributed by atoms with Crippen LogP contribution in [0.5, 0.6) is 0 Å². The van der Waals surface area contributed by atoms with E-state index in [1.54, 1.807) is 12.1 Å². The van der Waals surface area contributed by atoms with Crippen molar-refractivity contribution in [3.8, 4) is 0 Å². The lowest BCUT2D eigenvalue weighted by molar-refractivity contribution is 0.0619. The Morgan fingerprint density at radius 2 is 2.28 bits per heavy atom. The van der Waals surface area contributed by atoms with Gasteiger partial charge in [-0.3, -0.25) is 4.79 Å². The standard InChI is InChI=1S/C13H16F2N2O/c1-17(8-12(14)15)13(18)10-4-2-6-11-9(10)5-3-7-16-11/h2,4,6,12,16H,3,5,7-8H2,1H3. The number of rotatable bonds is 3. The lowest BCUT2D eigenvalue weighted by Crippen LogP contribution is -2.32. The number of nitrogens with zero attached hydrogens (tertiary/aromatic N) is 1. The molecule has 1 amide bonds. The highest BCUT2D eigenvalue weighted by molar-refractivity contribution is 5.97. The molecule has 0 unspecified atom stereocenters. The summed E-state index contributed by atoms with van der Waals surface area (Å²) in [6.07, 6.45) is -0.737. The molecule has 1 N–H and O–H groups in total. The maximum atomic E-state index is 12.3. The molecule has 3 nitrogen and oxygen atoms in total. The highest BCUT2D eigenvalue weighted by Crippen LogP contribution is 2.26. The van der Waals surface area contributed by atoms with Gasteiger partial charge >= 0.3 is 0 Å². The quantitative estimate of drug-likeness (QED) is 0.898. The van der Waals surface area contributed by atoms with E-state index in [0.29, 0.717) is 5.56 Å². The fraction of sp³-hybridized carbons (Fsp3) is 0.462. The molecule has 98 valence electrons. The lowest BCUT2D eigenvalue weighted by Gasteiger charge is -2.23. The van der Waals surface area contributed by atoms with Crippen molar-refractivity contribution in [1.29, 1.82) is 0 Å². The van der Waals surface area contributed by atoms with Gasteiger partial charge in [-0.2, -0.15) is 0 Å². The fourth-order valence-corrected chi connectivity index (χ4v) is 2.21. The summed E-state index contributed by atoms with van der Waals surface area (Å²) in [5.74, 6) is -0.337. The number of alkyl halides is 2. The molecule has 0 saturated heterocycles. The van der Waals surface area contributed by atoms with Gasteiger partial charge in [-0.1, -0.05) is 6.07 Å². The molecule has 1 aliphatic rings. The number of carbonyl (C=O) groups excluding carboxylic acids is 1. The number of anilines is 1. The molecule has 0 aliphatic carbocycles. The van der Waals surface area contributed by atoms with Gasteiger partial charge in [0, 0.05) is 24.8 Å². The Morgan fingerprint density at radius 1 is 1.50 bits per heavy atom. The van der Waals surface area contributed by atoms with E-state index in [-0.39, 0.29) is 5.91 Å². The summed E-state index contributed by atoms with van der Waals surface area (Å²) in [5.41, 5.74) is 2.41. The number of nitrogens with one attached hydrogen (secondary N) is 1. The number of benzene rings is 1. The molecule has 0 bridgehead atoms. The van der Waals surface area contributed by atoms with Crippen molar-refractivity contribution in [3.63, 3.8) is 0 Å². The van der Waals surface area contributed by atoms with E-state index in [1.807, 2.05) is 6.07 Å². The van der Waals surface area contributed by atoms with Crippen LogP contribution in [-0.2, 0) is 6.42 Å². The van der Waals surface area contributed by atoms with Gasteiger partial charge in [-0.15, -0.1) is 0 Å². The van der Waals surface area contributed by atoms with Crippen molar-refractivity contribution in [2.75, 3.05) is 25.5 Å².